The van der Waals surface area contributed by atoms with Crippen LogP contribution in [0.25, 0.3) is 0 Å². The minimum absolute atomic E-state index is 0.0903. The SMILES string of the molecule is CO/N=C(/C(=O)O)c1cccc(C)c1CO/N=C(\C)c1ccc(C(C)=N)cc1. The summed E-state index contributed by atoms with van der Waals surface area (Å²) in [6.07, 6.45) is 0. The Morgan fingerprint density at radius 1 is 1.07 bits per heavy atom. The van der Waals surface area contributed by atoms with Gasteiger partial charge < -0.3 is 20.2 Å². The van der Waals surface area contributed by atoms with Crippen molar-refractivity contribution in [3.63, 3.8) is 0 Å². The smallest absolute Gasteiger partial charge is 0.358 e. The zero-order chi connectivity index (χ0) is 20.7. The number of oxime groups is 2. The van der Waals surface area contributed by atoms with Gasteiger partial charge in [-0.2, -0.15) is 0 Å². The van der Waals surface area contributed by atoms with Gasteiger partial charge in [-0.15, -0.1) is 0 Å². The lowest BCUT2D eigenvalue weighted by Crippen LogP contribution is -2.18. The van der Waals surface area contributed by atoms with Crippen LogP contribution in [0.5, 0.6) is 0 Å². The van der Waals surface area contributed by atoms with Gasteiger partial charge in [-0.05, 0) is 37.5 Å². The molecule has 0 aliphatic heterocycles. The molecular weight excluding hydrogens is 358 g/mol. The molecule has 28 heavy (non-hydrogen) atoms. The van der Waals surface area contributed by atoms with Crippen molar-refractivity contribution < 1.29 is 19.6 Å². The average Bonchev–Trinajstić information content (AvgIpc) is 2.67. The molecule has 0 saturated heterocycles. The van der Waals surface area contributed by atoms with E-state index in [1.807, 2.05) is 44.2 Å². The molecule has 0 aliphatic rings. The summed E-state index contributed by atoms with van der Waals surface area (Å²) in [4.78, 5) is 21.7. The Morgan fingerprint density at radius 3 is 2.29 bits per heavy atom. The Hall–Kier alpha value is -3.48. The maximum absolute atomic E-state index is 11.5. The molecular formula is C21H23N3O4. The molecule has 0 fully saturated rings. The molecule has 2 aromatic carbocycles. The lowest BCUT2D eigenvalue weighted by Gasteiger charge is -2.11. The lowest BCUT2D eigenvalue weighted by molar-refractivity contribution is -0.129. The molecule has 7 nitrogen and oxygen atoms in total. The second-order valence-electron chi connectivity index (χ2n) is 6.18. The number of aryl methyl sites for hydroxylation is 1. The van der Waals surface area contributed by atoms with Gasteiger partial charge in [0.1, 0.15) is 13.7 Å². The third-order valence-corrected chi connectivity index (χ3v) is 4.20. The van der Waals surface area contributed by atoms with Crippen LogP contribution in [0, 0.1) is 12.3 Å². The fraction of sp³-hybridized carbons (Fsp3) is 0.238. The maximum Gasteiger partial charge on any atom is 0.358 e. The minimum atomic E-state index is -1.19. The topological polar surface area (TPSA) is 104 Å². The lowest BCUT2D eigenvalue weighted by atomic mass is 9.99. The number of nitrogens with zero attached hydrogens (tertiary/aromatic N) is 2. The van der Waals surface area contributed by atoms with E-state index < -0.39 is 5.97 Å². The number of nitrogens with one attached hydrogen (secondary N) is 1. The van der Waals surface area contributed by atoms with Gasteiger partial charge in [-0.3, -0.25) is 0 Å². The first-order valence-corrected chi connectivity index (χ1v) is 8.61. The van der Waals surface area contributed by atoms with E-state index in [2.05, 4.69) is 15.1 Å². The van der Waals surface area contributed by atoms with Gasteiger partial charge in [0.15, 0.2) is 5.71 Å². The first-order valence-electron chi connectivity index (χ1n) is 8.61. The number of carbonyl (C=O) groups is 1. The predicted octanol–water partition coefficient (Wildman–Crippen LogP) is 3.76. The third kappa shape index (κ3) is 5.03. The van der Waals surface area contributed by atoms with E-state index in [9.17, 15) is 9.90 Å². The molecule has 0 heterocycles. The summed E-state index contributed by atoms with van der Waals surface area (Å²) in [5.41, 5.74) is 4.66. The van der Waals surface area contributed by atoms with Crippen LogP contribution in [0.2, 0.25) is 0 Å². The second kappa shape index (κ2) is 9.45. The van der Waals surface area contributed by atoms with Crippen LogP contribution in [-0.2, 0) is 21.1 Å². The number of carboxylic acid groups (broad SMARTS) is 1. The van der Waals surface area contributed by atoms with E-state index in [0.717, 1.165) is 16.7 Å². The van der Waals surface area contributed by atoms with Crippen molar-refractivity contribution >= 4 is 23.1 Å². The molecule has 0 radical (unpaired) electrons. The van der Waals surface area contributed by atoms with E-state index in [0.29, 0.717) is 22.6 Å². The number of benzene rings is 2. The summed E-state index contributed by atoms with van der Waals surface area (Å²) in [5, 5.41) is 24.8. The zero-order valence-corrected chi connectivity index (χ0v) is 16.3. The Kier molecular flexibility index (Phi) is 7.03. The summed E-state index contributed by atoms with van der Waals surface area (Å²) in [7, 11) is 1.30. The van der Waals surface area contributed by atoms with E-state index in [-0.39, 0.29) is 12.3 Å². The maximum atomic E-state index is 11.5. The molecule has 7 heteroatoms. The Labute approximate surface area is 163 Å². The number of carboxylic acids is 1. The highest BCUT2D eigenvalue weighted by Gasteiger charge is 2.19. The van der Waals surface area contributed by atoms with Gasteiger partial charge >= 0.3 is 5.97 Å². The van der Waals surface area contributed by atoms with Crippen LogP contribution in [-0.4, -0.2) is 35.3 Å². The second-order valence-corrected chi connectivity index (χ2v) is 6.18. The van der Waals surface area contributed by atoms with Gasteiger partial charge in [0.05, 0.1) is 5.71 Å². The Bertz CT molecular complexity index is 931. The minimum Gasteiger partial charge on any atom is -0.476 e. The standard InChI is InChI=1S/C21H23N3O4/c1-13-6-5-7-18(20(21(25)26)24-27-4)19(13)12-28-23-15(3)17-10-8-16(9-11-17)14(2)22/h5-11,22H,12H2,1-4H3,(H,25,26)/b22-14?,23-15+,24-20+. The highest BCUT2D eigenvalue weighted by molar-refractivity contribution is 6.42. The average molecular weight is 381 g/mol. The van der Waals surface area contributed by atoms with Crippen molar-refractivity contribution in [3.05, 3.63) is 70.3 Å². The normalized spacial score (nSPS) is 11.9. The van der Waals surface area contributed by atoms with Crippen LogP contribution in [0.4, 0.5) is 0 Å². The van der Waals surface area contributed by atoms with Crippen molar-refractivity contribution in [2.75, 3.05) is 7.11 Å². The van der Waals surface area contributed by atoms with Crippen LogP contribution in [0.1, 0.15) is 41.7 Å². The molecule has 146 valence electrons. The van der Waals surface area contributed by atoms with Gasteiger partial charge in [0.2, 0.25) is 0 Å². The quantitative estimate of drug-likeness (QED) is 0.536. The van der Waals surface area contributed by atoms with E-state index in [4.69, 9.17) is 10.2 Å². The van der Waals surface area contributed by atoms with Gasteiger partial charge in [-0.1, -0.05) is 52.8 Å². The van der Waals surface area contributed by atoms with Crippen LogP contribution < -0.4 is 0 Å². The molecule has 0 bridgehead atoms. The first-order chi connectivity index (χ1) is 13.3. The van der Waals surface area contributed by atoms with E-state index in [1.165, 1.54) is 7.11 Å². The monoisotopic (exact) mass is 381 g/mol. The third-order valence-electron chi connectivity index (χ3n) is 4.20. The summed E-state index contributed by atoms with van der Waals surface area (Å²) >= 11 is 0. The molecule has 2 rings (SSSR count). The van der Waals surface area contributed by atoms with Crippen molar-refractivity contribution in [2.24, 2.45) is 10.3 Å². The van der Waals surface area contributed by atoms with Gasteiger partial charge in [-0.25, -0.2) is 4.79 Å². The van der Waals surface area contributed by atoms with Crippen molar-refractivity contribution in [3.8, 4) is 0 Å². The first kappa shape index (κ1) is 20.8. The van der Waals surface area contributed by atoms with Crippen LogP contribution in [0.15, 0.2) is 52.8 Å². The van der Waals surface area contributed by atoms with E-state index >= 15 is 0 Å². The van der Waals surface area contributed by atoms with Crippen molar-refractivity contribution in [1.82, 2.24) is 0 Å². The number of aliphatic carboxylic acids is 1. The largest absolute Gasteiger partial charge is 0.476 e. The molecule has 0 aromatic heterocycles. The molecule has 0 amide bonds. The fourth-order valence-electron chi connectivity index (χ4n) is 2.62. The summed E-state index contributed by atoms with van der Waals surface area (Å²) in [6, 6.07) is 12.7. The van der Waals surface area contributed by atoms with Gasteiger partial charge in [0.25, 0.3) is 0 Å². The molecule has 2 aromatic rings. The molecule has 0 atom stereocenters. The Balaban J connectivity index is 2.22. The van der Waals surface area contributed by atoms with E-state index in [1.54, 1.807) is 19.1 Å². The highest BCUT2D eigenvalue weighted by atomic mass is 16.6. The molecule has 0 spiro atoms. The zero-order valence-electron chi connectivity index (χ0n) is 16.3. The predicted molar refractivity (Wildman–Crippen MR) is 108 cm³/mol. The molecule has 0 unspecified atom stereocenters. The molecule has 0 saturated carbocycles. The highest BCUT2D eigenvalue weighted by Crippen LogP contribution is 2.18. The molecule has 2 N–H and O–H groups in total. The van der Waals surface area contributed by atoms with Crippen molar-refractivity contribution in [1.29, 1.82) is 5.41 Å². The van der Waals surface area contributed by atoms with Crippen molar-refractivity contribution in [2.45, 2.75) is 27.4 Å². The van der Waals surface area contributed by atoms with Gasteiger partial charge in [0, 0.05) is 16.8 Å². The fourth-order valence-corrected chi connectivity index (χ4v) is 2.62. The summed E-state index contributed by atoms with van der Waals surface area (Å²) in [5.74, 6) is -1.19. The number of rotatable bonds is 8. The molecule has 0 aliphatic carbocycles. The van der Waals surface area contributed by atoms with Crippen LogP contribution in [0.3, 0.4) is 0 Å². The summed E-state index contributed by atoms with van der Waals surface area (Å²) in [6.45, 7) is 5.51. The number of hydrogen-bond donors (Lipinski definition) is 2. The Morgan fingerprint density at radius 2 is 1.71 bits per heavy atom. The van der Waals surface area contributed by atoms with Crippen LogP contribution >= 0.6 is 0 Å². The number of hydrogen-bond acceptors (Lipinski definition) is 6. The summed E-state index contributed by atoms with van der Waals surface area (Å²) < 4.78 is 0.